The number of piperidine rings is 1. The highest BCUT2D eigenvalue weighted by Crippen LogP contribution is 2.23. The molecule has 20 heavy (non-hydrogen) atoms. The Morgan fingerprint density at radius 1 is 1.25 bits per heavy atom. The first-order chi connectivity index (χ1) is 9.49. The molecule has 108 valence electrons. The molecule has 0 amide bonds. The molecule has 0 radical (unpaired) electrons. The summed E-state index contributed by atoms with van der Waals surface area (Å²) in [5.74, 6) is 0.0282. The van der Waals surface area contributed by atoms with Gasteiger partial charge in [0.15, 0.2) is 5.78 Å². The van der Waals surface area contributed by atoms with E-state index in [-0.39, 0.29) is 11.5 Å². The summed E-state index contributed by atoms with van der Waals surface area (Å²) in [6, 6.07) is 6.69. The monoisotopic (exact) mass is 276 g/mol. The average molecular weight is 276 g/mol. The van der Waals surface area contributed by atoms with Crippen molar-refractivity contribution < 1.29 is 9.72 Å². The number of likely N-dealkylation sites (tertiary alicyclic amines) is 1. The molecule has 0 bridgehead atoms. The molecule has 1 aliphatic heterocycles. The molecular weight excluding hydrogens is 256 g/mol. The fourth-order valence-electron chi connectivity index (χ4n) is 2.81. The smallest absolute Gasteiger partial charge is 0.269 e. The van der Waals surface area contributed by atoms with Crippen LogP contribution in [-0.4, -0.2) is 34.2 Å². The summed E-state index contributed by atoms with van der Waals surface area (Å²) in [5.41, 5.74) is 0.557. The van der Waals surface area contributed by atoms with Gasteiger partial charge in [-0.25, -0.2) is 0 Å². The van der Waals surface area contributed by atoms with Crippen molar-refractivity contribution in [3.8, 4) is 0 Å². The van der Waals surface area contributed by atoms with Gasteiger partial charge in [0.25, 0.3) is 5.69 Å². The minimum absolute atomic E-state index is 0.0151. The summed E-state index contributed by atoms with van der Waals surface area (Å²) in [5, 5.41) is 10.6. The molecular formula is C15H20N2O3. The van der Waals surface area contributed by atoms with Crippen LogP contribution in [0.15, 0.2) is 24.3 Å². The standard InChI is InChI=1S/C15H20N2O3/c1-11-4-3-5-12(2)16(11)10-15(18)13-6-8-14(9-7-13)17(19)20/h6-9,11-12H,3-5,10H2,1-2H3. The van der Waals surface area contributed by atoms with Gasteiger partial charge in [0.05, 0.1) is 11.5 Å². The lowest BCUT2D eigenvalue weighted by Gasteiger charge is -2.38. The van der Waals surface area contributed by atoms with E-state index in [4.69, 9.17) is 0 Å². The number of carbonyl (C=O) groups is 1. The molecule has 2 atom stereocenters. The van der Waals surface area contributed by atoms with Gasteiger partial charge in [0.1, 0.15) is 0 Å². The van der Waals surface area contributed by atoms with Gasteiger partial charge in [0.2, 0.25) is 0 Å². The summed E-state index contributed by atoms with van der Waals surface area (Å²) >= 11 is 0. The van der Waals surface area contributed by atoms with E-state index in [1.165, 1.54) is 18.6 Å². The summed E-state index contributed by atoms with van der Waals surface area (Å²) in [4.78, 5) is 24.6. The SMILES string of the molecule is CC1CCCC(C)N1CC(=O)c1ccc([N+](=O)[O-])cc1. The van der Waals surface area contributed by atoms with Crippen LogP contribution >= 0.6 is 0 Å². The van der Waals surface area contributed by atoms with Crippen LogP contribution in [0.5, 0.6) is 0 Å². The second-order valence-corrected chi connectivity index (χ2v) is 5.53. The third-order valence-corrected chi connectivity index (χ3v) is 4.10. The lowest BCUT2D eigenvalue weighted by Crippen LogP contribution is -2.46. The predicted octanol–water partition coefficient (Wildman–Crippen LogP) is 3.04. The van der Waals surface area contributed by atoms with Crippen LogP contribution in [0, 0.1) is 10.1 Å². The number of non-ortho nitro benzene ring substituents is 1. The zero-order valence-electron chi connectivity index (χ0n) is 11.9. The molecule has 1 aliphatic rings. The van der Waals surface area contributed by atoms with E-state index in [0.717, 1.165) is 12.8 Å². The van der Waals surface area contributed by atoms with Gasteiger partial charge in [-0.2, -0.15) is 0 Å². The number of nitro benzene ring substituents is 1. The highest BCUT2D eigenvalue weighted by molar-refractivity contribution is 5.97. The molecule has 1 fully saturated rings. The van der Waals surface area contributed by atoms with Gasteiger partial charge in [-0.3, -0.25) is 19.8 Å². The summed E-state index contributed by atoms with van der Waals surface area (Å²) < 4.78 is 0. The Balaban J connectivity index is 2.05. The number of carbonyl (C=O) groups excluding carboxylic acids is 1. The number of nitrogens with zero attached hydrogens (tertiary/aromatic N) is 2. The zero-order chi connectivity index (χ0) is 14.7. The Bertz CT molecular complexity index is 488. The fourth-order valence-corrected chi connectivity index (χ4v) is 2.81. The highest BCUT2D eigenvalue weighted by Gasteiger charge is 2.26. The van der Waals surface area contributed by atoms with E-state index in [0.29, 0.717) is 24.2 Å². The quantitative estimate of drug-likeness (QED) is 0.481. The number of ketones is 1. The van der Waals surface area contributed by atoms with Crippen LogP contribution in [0.2, 0.25) is 0 Å². The highest BCUT2D eigenvalue weighted by atomic mass is 16.6. The summed E-state index contributed by atoms with van der Waals surface area (Å²) in [6.45, 7) is 4.69. The van der Waals surface area contributed by atoms with Crippen molar-refractivity contribution >= 4 is 11.5 Å². The minimum Gasteiger partial charge on any atom is -0.293 e. The van der Waals surface area contributed by atoms with Gasteiger partial charge in [-0.05, 0) is 38.8 Å². The molecule has 1 heterocycles. The van der Waals surface area contributed by atoms with Crippen molar-refractivity contribution in [2.24, 2.45) is 0 Å². The summed E-state index contributed by atoms with van der Waals surface area (Å²) in [6.07, 6.45) is 3.46. The van der Waals surface area contributed by atoms with E-state index in [2.05, 4.69) is 18.7 Å². The Morgan fingerprint density at radius 2 is 1.80 bits per heavy atom. The number of hydrogen-bond donors (Lipinski definition) is 0. The number of hydrogen-bond acceptors (Lipinski definition) is 4. The summed E-state index contributed by atoms with van der Waals surface area (Å²) in [7, 11) is 0. The molecule has 1 aromatic carbocycles. The van der Waals surface area contributed by atoms with E-state index in [1.54, 1.807) is 12.1 Å². The Morgan fingerprint density at radius 3 is 2.30 bits per heavy atom. The van der Waals surface area contributed by atoms with Crippen LogP contribution in [-0.2, 0) is 0 Å². The van der Waals surface area contributed by atoms with Gasteiger partial charge < -0.3 is 0 Å². The van der Waals surface area contributed by atoms with Gasteiger partial charge in [-0.15, -0.1) is 0 Å². The maximum Gasteiger partial charge on any atom is 0.269 e. The topological polar surface area (TPSA) is 63.5 Å². The number of Topliss-reactive ketones (excluding diaryl/α,β-unsaturated/α-hetero) is 1. The molecule has 0 spiro atoms. The average Bonchev–Trinajstić information content (AvgIpc) is 2.43. The maximum absolute atomic E-state index is 12.3. The van der Waals surface area contributed by atoms with E-state index >= 15 is 0 Å². The van der Waals surface area contributed by atoms with Crippen molar-refractivity contribution in [3.05, 3.63) is 39.9 Å². The molecule has 0 saturated carbocycles. The van der Waals surface area contributed by atoms with E-state index in [9.17, 15) is 14.9 Å². The van der Waals surface area contributed by atoms with Crippen LogP contribution in [0.25, 0.3) is 0 Å². The molecule has 0 N–H and O–H groups in total. The third-order valence-electron chi connectivity index (χ3n) is 4.10. The van der Waals surface area contributed by atoms with Crippen molar-refractivity contribution in [1.29, 1.82) is 0 Å². The molecule has 2 rings (SSSR count). The lowest BCUT2D eigenvalue weighted by atomic mass is 9.96. The van der Waals surface area contributed by atoms with Crippen molar-refractivity contribution in [1.82, 2.24) is 4.90 Å². The minimum atomic E-state index is -0.455. The molecule has 5 nitrogen and oxygen atoms in total. The first kappa shape index (κ1) is 14.7. The van der Waals surface area contributed by atoms with Crippen LogP contribution < -0.4 is 0 Å². The fraction of sp³-hybridized carbons (Fsp3) is 0.533. The lowest BCUT2D eigenvalue weighted by molar-refractivity contribution is -0.384. The Labute approximate surface area is 118 Å². The number of rotatable bonds is 4. The van der Waals surface area contributed by atoms with Gasteiger partial charge in [0, 0.05) is 29.8 Å². The third kappa shape index (κ3) is 3.22. The van der Waals surface area contributed by atoms with Crippen LogP contribution in [0.1, 0.15) is 43.5 Å². The van der Waals surface area contributed by atoms with Gasteiger partial charge in [-0.1, -0.05) is 6.42 Å². The molecule has 1 aromatic rings. The van der Waals surface area contributed by atoms with E-state index in [1.807, 2.05) is 0 Å². The first-order valence-corrected chi connectivity index (χ1v) is 7.02. The molecule has 2 unspecified atom stereocenters. The van der Waals surface area contributed by atoms with Crippen molar-refractivity contribution in [3.63, 3.8) is 0 Å². The molecule has 0 aromatic heterocycles. The Hall–Kier alpha value is -1.75. The molecule has 1 saturated heterocycles. The van der Waals surface area contributed by atoms with Gasteiger partial charge >= 0.3 is 0 Å². The van der Waals surface area contributed by atoms with Crippen LogP contribution in [0.4, 0.5) is 5.69 Å². The zero-order valence-corrected chi connectivity index (χ0v) is 11.9. The first-order valence-electron chi connectivity index (χ1n) is 7.02. The predicted molar refractivity (Wildman–Crippen MR) is 76.9 cm³/mol. The molecule has 5 heteroatoms. The van der Waals surface area contributed by atoms with Crippen molar-refractivity contribution in [2.45, 2.75) is 45.2 Å². The largest absolute Gasteiger partial charge is 0.293 e. The Kier molecular flexibility index (Phi) is 4.49. The number of benzene rings is 1. The molecule has 0 aliphatic carbocycles. The normalized spacial score (nSPS) is 23.5. The van der Waals surface area contributed by atoms with E-state index < -0.39 is 4.92 Å². The van der Waals surface area contributed by atoms with Crippen LogP contribution in [0.3, 0.4) is 0 Å². The second kappa shape index (κ2) is 6.13. The second-order valence-electron chi connectivity index (χ2n) is 5.53. The maximum atomic E-state index is 12.3. The number of nitro groups is 1. The van der Waals surface area contributed by atoms with Crippen molar-refractivity contribution in [2.75, 3.05) is 6.54 Å².